The van der Waals surface area contributed by atoms with Crippen molar-refractivity contribution in [2.45, 2.75) is 26.8 Å². The first-order chi connectivity index (χ1) is 8.00. The first-order valence-corrected chi connectivity index (χ1v) is 7.47. The highest BCUT2D eigenvalue weighted by Gasteiger charge is 2.17. The Bertz CT molecular complexity index is 545. The second kappa shape index (κ2) is 5.08. The summed E-state index contributed by atoms with van der Waals surface area (Å²) >= 11 is 4.19. The molecule has 90 valence electrons. The average Bonchev–Trinajstić information content (AvgIpc) is 2.61. The zero-order valence-electron chi connectivity index (χ0n) is 10.3. The molecule has 0 radical (unpaired) electrons. The summed E-state index contributed by atoms with van der Waals surface area (Å²) in [6.45, 7) is 6.40. The fraction of sp³-hybridized carbons (Fsp3) is 0.286. The summed E-state index contributed by atoms with van der Waals surface area (Å²) in [4.78, 5) is 2.61. The third-order valence-electron chi connectivity index (χ3n) is 2.92. The molecule has 2 rings (SSSR count). The van der Waals surface area contributed by atoms with E-state index < -0.39 is 0 Å². The Hall–Kier alpha value is -0.390. The van der Waals surface area contributed by atoms with Crippen molar-refractivity contribution in [3.63, 3.8) is 0 Å². The van der Waals surface area contributed by atoms with Crippen LogP contribution in [-0.4, -0.2) is 0 Å². The molecule has 1 heterocycles. The molecule has 0 saturated heterocycles. The molecule has 1 aromatic carbocycles. The molecule has 1 aromatic heterocycles. The highest BCUT2D eigenvalue weighted by atomic mass is 127. The van der Waals surface area contributed by atoms with Crippen molar-refractivity contribution in [1.82, 2.24) is 0 Å². The Labute approximate surface area is 120 Å². The van der Waals surface area contributed by atoms with Crippen LogP contribution >= 0.6 is 33.9 Å². The summed E-state index contributed by atoms with van der Waals surface area (Å²) in [6, 6.07) is 8.56. The van der Waals surface area contributed by atoms with Crippen LogP contribution in [0.1, 0.15) is 32.5 Å². The molecule has 1 unspecified atom stereocenters. The van der Waals surface area contributed by atoms with Crippen molar-refractivity contribution < 1.29 is 0 Å². The van der Waals surface area contributed by atoms with Crippen LogP contribution in [0.2, 0.25) is 0 Å². The SMILES string of the molecule is Cc1cc(C)c(C(N)c2cccc(C)c2I)s1. The normalized spacial score (nSPS) is 12.8. The van der Waals surface area contributed by atoms with Gasteiger partial charge in [-0.15, -0.1) is 11.3 Å². The molecule has 0 amide bonds. The standard InChI is InChI=1S/C14H16INS/c1-8-5-4-6-11(12(8)15)13(16)14-9(2)7-10(3)17-14/h4-7,13H,16H2,1-3H3. The smallest absolute Gasteiger partial charge is 0.0659 e. The molecule has 0 spiro atoms. The number of aryl methyl sites for hydroxylation is 3. The van der Waals surface area contributed by atoms with E-state index in [2.05, 4.69) is 67.6 Å². The Morgan fingerprint density at radius 3 is 2.47 bits per heavy atom. The fourth-order valence-corrected chi connectivity index (χ4v) is 3.77. The molecule has 0 aliphatic heterocycles. The van der Waals surface area contributed by atoms with Crippen molar-refractivity contribution in [2.75, 3.05) is 0 Å². The average molecular weight is 357 g/mol. The maximum atomic E-state index is 6.41. The van der Waals surface area contributed by atoms with Gasteiger partial charge in [0.05, 0.1) is 6.04 Å². The van der Waals surface area contributed by atoms with Gasteiger partial charge in [0.15, 0.2) is 0 Å². The minimum absolute atomic E-state index is 0.000463. The number of hydrogen-bond donors (Lipinski definition) is 1. The summed E-state index contributed by atoms with van der Waals surface area (Å²) in [6.07, 6.45) is 0. The van der Waals surface area contributed by atoms with E-state index in [0.29, 0.717) is 0 Å². The van der Waals surface area contributed by atoms with Crippen molar-refractivity contribution in [1.29, 1.82) is 0 Å². The predicted octanol–water partition coefficient (Wildman–Crippen LogP) is 4.33. The topological polar surface area (TPSA) is 26.0 Å². The molecule has 2 N–H and O–H groups in total. The Balaban J connectivity index is 2.47. The van der Waals surface area contributed by atoms with Crippen LogP contribution in [0.15, 0.2) is 24.3 Å². The van der Waals surface area contributed by atoms with Crippen molar-refractivity contribution in [3.8, 4) is 0 Å². The molecule has 0 aliphatic carbocycles. The molecule has 0 aliphatic rings. The van der Waals surface area contributed by atoms with Gasteiger partial charge < -0.3 is 5.73 Å². The van der Waals surface area contributed by atoms with Gasteiger partial charge in [-0.3, -0.25) is 0 Å². The van der Waals surface area contributed by atoms with Gasteiger partial charge >= 0.3 is 0 Å². The second-order valence-electron chi connectivity index (χ2n) is 4.36. The van der Waals surface area contributed by atoms with Crippen LogP contribution in [0.25, 0.3) is 0 Å². The maximum absolute atomic E-state index is 6.41. The maximum Gasteiger partial charge on any atom is 0.0659 e. The van der Waals surface area contributed by atoms with E-state index in [4.69, 9.17) is 5.73 Å². The molecule has 1 nitrogen and oxygen atoms in total. The van der Waals surface area contributed by atoms with Gasteiger partial charge in [0.2, 0.25) is 0 Å². The van der Waals surface area contributed by atoms with Crippen LogP contribution < -0.4 is 5.73 Å². The molecule has 1 atom stereocenters. The van der Waals surface area contributed by atoms with Crippen molar-refractivity contribution in [2.24, 2.45) is 5.73 Å². The van der Waals surface area contributed by atoms with E-state index in [-0.39, 0.29) is 6.04 Å². The number of benzene rings is 1. The first kappa shape index (κ1) is 13.1. The summed E-state index contributed by atoms with van der Waals surface area (Å²) in [7, 11) is 0. The van der Waals surface area contributed by atoms with E-state index in [1.54, 1.807) is 11.3 Å². The van der Waals surface area contributed by atoms with Gasteiger partial charge in [-0.25, -0.2) is 0 Å². The van der Waals surface area contributed by atoms with Gasteiger partial charge in [-0.2, -0.15) is 0 Å². The minimum Gasteiger partial charge on any atom is -0.320 e. The molecular formula is C14H16INS. The lowest BCUT2D eigenvalue weighted by atomic mass is 10.0. The third kappa shape index (κ3) is 2.56. The van der Waals surface area contributed by atoms with Crippen molar-refractivity contribution >= 4 is 33.9 Å². The highest BCUT2D eigenvalue weighted by molar-refractivity contribution is 14.1. The molecular weight excluding hydrogens is 341 g/mol. The lowest BCUT2D eigenvalue weighted by molar-refractivity contribution is 0.876. The van der Waals surface area contributed by atoms with Gasteiger partial charge in [0.25, 0.3) is 0 Å². The summed E-state index contributed by atoms with van der Waals surface area (Å²) in [5.41, 5.74) is 10.2. The number of rotatable bonds is 2. The van der Waals surface area contributed by atoms with Gasteiger partial charge in [0, 0.05) is 13.3 Å². The lowest BCUT2D eigenvalue weighted by Crippen LogP contribution is -2.13. The lowest BCUT2D eigenvalue weighted by Gasteiger charge is -2.15. The van der Waals surface area contributed by atoms with Crippen LogP contribution in [0.3, 0.4) is 0 Å². The molecule has 0 fully saturated rings. The van der Waals surface area contributed by atoms with E-state index in [9.17, 15) is 0 Å². The number of halogens is 1. The number of nitrogens with two attached hydrogens (primary N) is 1. The zero-order chi connectivity index (χ0) is 12.6. The van der Waals surface area contributed by atoms with Crippen LogP contribution in [0.5, 0.6) is 0 Å². The van der Waals surface area contributed by atoms with Gasteiger partial charge in [0.1, 0.15) is 0 Å². The third-order valence-corrected chi connectivity index (χ3v) is 5.63. The summed E-state index contributed by atoms with van der Waals surface area (Å²) in [5.74, 6) is 0. The van der Waals surface area contributed by atoms with Crippen molar-refractivity contribution in [3.05, 3.63) is 54.3 Å². The van der Waals surface area contributed by atoms with E-state index >= 15 is 0 Å². The highest BCUT2D eigenvalue weighted by Crippen LogP contribution is 2.32. The van der Waals surface area contributed by atoms with Gasteiger partial charge in [-0.1, -0.05) is 18.2 Å². The van der Waals surface area contributed by atoms with E-state index in [0.717, 1.165) is 0 Å². The molecule has 3 heteroatoms. The monoisotopic (exact) mass is 357 g/mol. The minimum atomic E-state index is 0.000463. The Morgan fingerprint density at radius 1 is 1.18 bits per heavy atom. The zero-order valence-corrected chi connectivity index (χ0v) is 13.2. The molecule has 17 heavy (non-hydrogen) atoms. The summed E-state index contributed by atoms with van der Waals surface area (Å²) in [5, 5.41) is 0. The quantitative estimate of drug-likeness (QED) is 0.796. The van der Waals surface area contributed by atoms with Crippen LogP contribution in [0, 0.1) is 24.3 Å². The molecule has 2 aromatic rings. The predicted molar refractivity (Wildman–Crippen MR) is 83.7 cm³/mol. The first-order valence-electron chi connectivity index (χ1n) is 5.58. The van der Waals surface area contributed by atoms with E-state index in [1.165, 1.54) is 30.0 Å². The molecule has 0 bridgehead atoms. The van der Waals surface area contributed by atoms with Crippen LogP contribution in [0.4, 0.5) is 0 Å². The largest absolute Gasteiger partial charge is 0.320 e. The second-order valence-corrected chi connectivity index (χ2v) is 6.73. The molecule has 0 saturated carbocycles. The fourth-order valence-electron chi connectivity index (χ4n) is 2.02. The number of thiophene rings is 1. The summed E-state index contributed by atoms with van der Waals surface area (Å²) < 4.78 is 1.28. The van der Waals surface area contributed by atoms with E-state index in [1.807, 2.05) is 0 Å². The Morgan fingerprint density at radius 2 is 1.88 bits per heavy atom. The van der Waals surface area contributed by atoms with Gasteiger partial charge in [-0.05, 0) is 66.1 Å². The number of hydrogen-bond acceptors (Lipinski definition) is 2. The van der Waals surface area contributed by atoms with Crippen LogP contribution in [-0.2, 0) is 0 Å². The Kier molecular flexibility index (Phi) is 3.90.